The van der Waals surface area contributed by atoms with E-state index in [1.54, 1.807) is 7.11 Å². The zero-order valence-corrected chi connectivity index (χ0v) is 10.6. The van der Waals surface area contributed by atoms with Gasteiger partial charge in [0, 0.05) is 6.54 Å². The topological polar surface area (TPSA) is 32.7 Å². The van der Waals surface area contributed by atoms with Crippen molar-refractivity contribution in [1.82, 2.24) is 4.90 Å². The van der Waals surface area contributed by atoms with Crippen molar-refractivity contribution in [3.63, 3.8) is 0 Å². The zero-order valence-electron chi connectivity index (χ0n) is 10.6. The maximum atomic E-state index is 8.92. The molecule has 0 aliphatic rings. The molecular formula is C13H21NO2. The Hall–Kier alpha value is -1.06. The van der Waals surface area contributed by atoms with Gasteiger partial charge >= 0.3 is 0 Å². The van der Waals surface area contributed by atoms with Crippen LogP contribution in [0.4, 0.5) is 0 Å². The summed E-state index contributed by atoms with van der Waals surface area (Å²) < 4.78 is 5.28. The molecule has 1 aromatic carbocycles. The number of likely N-dealkylation sites (N-methyl/N-ethyl adjacent to an activating group) is 1. The van der Waals surface area contributed by atoms with Crippen molar-refractivity contribution < 1.29 is 9.84 Å². The van der Waals surface area contributed by atoms with Crippen LogP contribution >= 0.6 is 0 Å². The Balaban J connectivity index is 2.77. The summed E-state index contributed by atoms with van der Waals surface area (Å²) >= 11 is 0. The number of methoxy groups -OCH3 is 1. The first-order valence-corrected chi connectivity index (χ1v) is 5.52. The Bertz CT molecular complexity index is 350. The molecule has 1 rings (SSSR count). The van der Waals surface area contributed by atoms with Gasteiger partial charge in [-0.15, -0.1) is 0 Å². The van der Waals surface area contributed by atoms with E-state index in [2.05, 4.69) is 26.0 Å². The lowest BCUT2D eigenvalue weighted by molar-refractivity contribution is 0.134. The second kappa shape index (κ2) is 5.87. The average molecular weight is 223 g/mol. The number of benzene rings is 1. The van der Waals surface area contributed by atoms with E-state index in [1.165, 1.54) is 11.1 Å². The zero-order chi connectivity index (χ0) is 12.1. The number of ether oxygens (including phenoxy) is 1. The summed E-state index contributed by atoms with van der Waals surface area (Å²) in [6.07, 6.45) is 0.952. The average Bonchev–Trinajstić information content (AvgIpc) is 2.29. The fourth-order valence-corrected chi connectivity index (χ4v) is 1.72. The summed E-state index contributed by atoms with van der Waals surface area (Å²) in [5.41, 5.74) is 3.72. The Morgan fingerprint density at radius 2 is 1.94 bits per heavy atom. The van der Waals surface area contributed by atoms with Crippen LogP contribution in [0.2, 0.25) is 0 Å². The van der Waals surface area contributed by atoms with E-state index >= 15 is 0 Å². The van der Waals surface area contributed by atoms with E-state index in [4.69, 9.17) is 9.84 Å². The van der Waals surface area contributed by atoms with Gasteiger partial charge in [-0.05, 0) is 50.1 Å². The first-order valence-electron chi connectivity index (χ1n) is 5.52. The lowest BCUT2D eigenvalue weighted by Gasteiger charge is -2.15. The van der Waals surface area contributed by atoms with Crippen LogP contribution in [0.5, 0.6) is 5.75 Å². The molecule has 3 nitrogen and oxygen atoms in total. The number of rotatable bonds is 5. The van der Waals surface area contributed by atoms with E-state index in [0.717, 1.165) is 24.3 Å². The van der Waals surface area contributed by atoms with Gasteiger partial charge in [0.2, 0.25) is 0 Å². The van der Waals surface area contributed by atoms with Crippen LogP contribution in [0.15, 0.2) is 12.1 Å². The van der Waals surface area contributed by atoms with Gasteiger partial charge in [-0.25, -0.2) is 0 Å². The number of nitrogens with zero attached hydrogens (tertiary/aromatic N) is 1. The molecule has 0 heterocycles. The SMILES string of the molecule is COc1cc(C)c(CCN(C)CO)cc1C. The molecule has 90 valence electrons. The third-order valence-electron chi connectivity index (χ3n) is 2.86. The summed E-state index contributed by atoms with van der Waals surface area (Å²) in [4.78, 5) is 1.89. The molecule has 0 amide bonds. The fourth-order valence-electron chi connectivity index (χ4n) is 1.72. The number of aliphatic hydroxyl groups is 1. The van der Waals surface area contributed by atoms with Crippen LogP contribution in [0.25, 0.3) is 0 Å². The quantitative estimate of drug-likeness (QED) is 0.772. The van der Waals surface area contributed by atoms with Crippen molar-refractivity contribution in [3.8, 4) is 5.75 Å². The van der Waals surface area contributed by atoms with Crippen LogP contribution in [-0.4, -0.2) is 37.4 Å². The van der Waals surface area contributed by atoms with Gasteiger partial charge < -0.3 is 9.84 Å². The second-order valence-electron chi connectivity index (χ2n) is 4.22. The largest absolute Gasteiger partial charge is 0.496 e. The van der Waals surface area contributed by atoms with E-state index < -0.39 is 0 Å². The molecule has 0 radical (unpaired) electrons. The fraction of sp³-hybridized carbons (Fsp3) is 0.538. The minimum atomic E-state index is 0.105. The highest BCUT2D eigenvalue weighted by Gasteiger charge is 2.05. The standard InChI is InChI=1S/C13H21NO2/c1-10-8-13(16-4)11(2)7-12(10)5-6-14(3)9-15/h7-8,15H,5-6,9H2,1-4H3. The van der Waals surface area contributed by atoms with Crippen LogP contribution in [0.3, 0.4) is 0 Å². The van der Waals surface area contributed by atoms with Crippen LogP contribution in [0.1, 0.15) is 16.7 Å². The van der Waals surface area contributed by atoms with Crippen LogP contribution in [0, 0.1) is 13.8 Å². The van der Waals surface area contributed by atoms with Crippen molar-refractivity contribution in [1.29, 1.82) is 0 Å². The Kier molecular flexibility index (Phi) is 4.77. The molecule has 0 atom stereocenters. The van der Waals surface area contributed by atoms with Crippen molar-refractivity contribution >= 4 is 0 Å². The Morgan fingerprint density at radius 3 is 2.50 bits per heavy atom. The number of hydrogen-bond donors (Lipinski definition) is 1. The first-order chi connectivity index (χ1) is 7.58. The molecule has 0 bridgehead atoms. The van der Waals surface area contributed by atoms with Gasteiger partial charge in [0.15, 0.2) is 0 Å². The monoisotopic (exact) mass is 223 g/mol. The second-order valence-corrected chi connectivity index (χ2v) is 4.22. The van der Waals surface area contributed by atoms with E-state index in [9.17, 15) is 0 Å². The molecule has 0 saturated carbocycles. The highest BCUT2D eigenvalue weighted by Crippen LogP contribution is 2.22. The van der Waals surface area contributed by atoms with Crippen molar-refractivity contribution in [2.75, 3.05) is 27.4 Å². The van der Waals surface area contributed by atoms with Crippen LogP contribution < -0.4 is 4.74 Å². The molecule has 0 aromatic heterocycles. The van der Waals surface area contributed by atoms with Gasteiger partial charge in [0.05, 0.1) is 13.8 Å². The maximum Gasteiger partial charge on any atom is 0.122 e. The molecule has 1 N–H and O–H groups in total. The van der Waals surface area contributed by atoms with Gasteiger partial charge in [0.25, 0.3) is 0 Å². The smallest absolute Gasteiger partial charge is 0.122 e. The third kappa shape index (κ3) is 3.22. The van der Waals surface area contributed by atoms with Crippen LogP contribution in [-0.2, 0) is 6.42 Å². The molecule has 3 heteroatoms. The van der Waals surface area contributed by atoms with E-state index in [1.807, 2.05) is 11.9 Å². The van der Waals surface area contributed by atoms with Crippen molar-refractivity contribution in [2.45, 2.75) is 20.3 Å². The van der Waals surface area contributed by atoms with Gasteiger partial charge in [0.1, 0.15) is 5.75 Å². The molecular weight excluding hydrogens is 202 g/mol. The minimum absolute atomic E-state index is 0.105. The van der Waals surface area contributed by atoms with Crippen molar-refractivity contribution in [2.24, 2.45) is 0 Å². The molecule has 0 spiro atoms. The Labute approximate surface area is 97.7 Å². The molecule has 0 saturated heterocycles. The predicted molar refractivity (Wildman–Crippen MR) is 65.9 cm³/mol. The predicted octanol–water partition coefficient (Wildman–Crippen LogP) is 1.74. The highest BCUT2D eigenvalue weighted by atomic mass is 16.5. The molecule has 0 fully saturated rings. The molecule has 0 aliphatic carbocycles. The lowest BCUT2D eigenvalue weighted by atomic mass is 10.0. The summed E-state index contributed by atoms with van der Waals surface area (Å²) in [6.45, 7) is 5.12. The number of aliphatic hydroxyl groups excluding tert-OH is 1. The molecule has 1 aromatic rings. The number of aryl methyl sites for hydroxylation is 2. The summed E-state index contributed by atoms with van der Waals surface area (Å²) in [5.74, 6) is 0.941. The molecule has 0 aliphatic heterocycles. The third-order valence-corrected chi connectivity index (χ3v) is 2.86. The van der Waals surface area contributed by atoms with Gasteiger partial charge in [-0.2, -0.15) is 0 Å². The first kappa shape index (κ1) is 13.0. The van der Waals surface area contributed by atoms with Crippen molar-refractivity contribution in [3.05, 3.63) is 28.8 Å². The summed E-state index contributed by atoms with van der Waals surface area (Å²) in [7, 11) is 3.60. The van der Waals surface area contributed by atoms with E-state index in [-0.39, 0.29) is 6.73 Å². The van der Waals surface area contributed by atoms with Gasteiger partial charge in [-0.1, -0.05) is 6.07 Å². The molecule has 0 unspecified atom stereocenters. The number of hydrogen-bond acceptors (Lipinski definition) is 3. The Morgan fingerprint density at radius 1 is 1.25 bits per heavy atom. The minimum Gasteiger partial charge on any atom is -0.496 e. The maximum absolute atomic E-state index is 8.92. The van der Waals surface area contributed by atoms with E-state index in [0.29, 0.717) is 0 Å². The summed E-state index contributed by atoms with van der Waals surface area (Å²) in [6, 6.07) is 4.24. The lowest BCUT2D eigenvalue weighted by Crippen LogP contribution is -2.22. The normalized spacial score (nSPS) is 10.9. The van der Waals surface area contributed by atoms with Gasteiger partial charge in [-0.3, -0.25) is 4.90 Å². The molecule has 16 heavy (non-hydrogen) atoms. The highest BCUT2D eigenvalue weighted by molar-refractivity contribution is 5.41. The summed E-state index contributed by atoms with van der Waals surface area (Å²) in [5, 5.41) is 8.92.